The fourth-order valence-corrected chi connectivity index (χ4v) is 8.85. The van der Waals surface area contributed by atoms with Gasteiger partial charge in [-0.1, -0.05) is 42.5 Å². The highest BCUT2D eigenvalue weighted by Crippen LogP contribution is 2.66. The van der Waals surface area contributed by atoms with E-state index < -0.39 is 32.0 Å². The summed E-state index contributed by atoms with van der Waals surface area (Å²) in [5.74, 6) is 6.02. The largest absolute Gasteiger partial charge is 0.449 e. The van der Waals surface area contributed by atoms with Crippen molar-refractivity contribution in [1.29, 1.82) is 0 Å². The minimum Gasteiger partial charge on any atom is -0.449 e. The molecule has 0 spiro atoms. The molecular weight excluding hydrogens is 590 g/mol. The number of ether oxygens (including phenoxy) is 1. The normalized spacial score (nSPS) is 29.0. The van der Waals surface area contributed by atoms with Crippen molar-refractivity contribution in [2.75, 3.05) is 25.6 Å². The first-order valence-electron chi connectivity index (χ1n) is 15.5. The first kappa shape index (κ1) is 31.3. The van der Waals surface area contributed by atoms with E-state index in [9.17, 15) is 27.7 Å². The van der Waals surface area contributed by atoms with Gasteiger partial charge in [0.2, 0.25) is 0 Å². The summed E-state index contributed by atoms with van der Waals surface area (Å²) >= 11 is 0. The second kappa shape index (κ2) is 11.6. The molecule has 5 atom stereocenters. The van der Waals surface area contributed by atoms with E-state index in [4.69, 9.17) is 4.74 Å². The van der Waals surface area contributed by atoms with Crippen molar-refractivity contribution in [3.8, 4) is 11.8 Å². The van der Waals surface area contributed by atoms with Crippen molar-refractivity contribution >= 4 is 27.6 Å². The Morgan fingerprint density at radius 1 is 1.09 bits per heavy atom. The molecule has 0 bridgehead atoms. The van der Waals surface area contributed by atoms with Gasteiger partial charge in [-0.15, -0.1) is 0 Å². The number of carbonyl (C=O) groups excluding carboxylic acids is 2. The summed E-state index contributed by atoms with van der Waals surface area (Å²) in [6.45, 7) is 1.89. The topological polar surface area (TPSA) is 121 Å². The van der Waals surface area contributed by atoms with Crippen LogP contribution in [0.1, 0.15) is 73.7 Å². The number of benzene rings is 2. The monoisotopic (exact) mass is 629 g/mol. The molecule has 0 aromatic heterocycles. The van der Waals surface area contributed by atoms with E-state index in [1.807, 2.05) is 20.2 Å². The van der Waals surface area contributed by atoms with E-state index >= 15 is 0 Å². The summed E-state index contributed by atoms with van der Waals surface area (Å²) in [6, 6.07) is 13.6. The smallest absolute Gasteiger partial charge is 0.339 e. The number of aliphatic hydroxyl groups is 1. The molecule has 0 amide bonds. The molecule has 6 rings (SSSR count). The van der Waals surface area contributed by atoms with Crippen LogP contribution in [0.4, 0.5) is 5.69 Å². The molecule has 4 aliphatic carbocycles. The second-order valence-corrected chi connectivity index (χ2v) is 14.7. The maximum absolute atomic E-state index is 12.6. The molecule has 2 fully saturated rings. The summed E-state index contributed by atoms with van der Waals surface area (Å²) in [4.78, 5) is 26.6. The molecule has 4 aliphatic rings. The lowest BCUT2D eigenvalue weighted by atomic mass is 9.51. The predicted octanol–water partition coefficient (Wildman–Crippen LogP) is 5.49. The molecule has 2 aromatic carbocycles. The second-order valence-electron chi connectivity index (χ2n) is 13.3. The van der Waals surface area contributed by atoms with Gasteiger partial charge in [-0.2, -0.15) is 8.42 Å². The minimum atomic E-state index is -4.46. The van der Waals surface area contributed by atoms with Crippen molar-refractivity contribution in [3.63, 3.8) is 0 Å². The third-order valence-corrected chi connectivity index (χ3v) is 11.5. The molecule has 2 aromatic rings. The highest BCUT2D eigenvalue weighted by molar-refractivity contribution is 7.85. The number of hydrogen-bond acceptors (Lipinski definition) is 7. The van der Waals surface area contributed by atoms with Gasteiger partial charge >= 0.3 is 5.97 Å². The number of anilines is 1. The molecule has 0 heterocycles. The van der Waals surface area contributed by atoms with Crippen LogP contribution < -0.4 is 4.90 Å². The molecule has 0 aliphatic heterocycles. The Bertz CT molecular complexity index is 1780. The van der Waals surface area contributed by atoms with Crippen molar-refractivity contribution in [2.45, 2.75) is 68.3 Å². The highest BCUT2D eigenvalue weighted by atomic mass is 32.2. The Morgan fingerprint density at radius 3 is 2.56 bits per heavy atom. The zero-order valence-electron chi connectivity index (χ0n) is 25.9. The zero-order chi connectivity index (χ0) is 32.1. The number of carbonyl (C=O) groups is 2. The standard InChI is InChI=1S/C36H39NO7S/c1-35-22-31(23-8-11-26(12-9-23)37(2)3)33-29-15-13-27(38)20-24(29)10-14-30(33)32(35)16-18-36(35,40)17-5-19-44-34(39)25-6-4-7-28(21-25)45(41,42)43/h4,6-9,11-12,20-21,30-32,40H,10,13-16,18-19,22H2,1-3H3,(H,41,42,43)/t30?,31-,32?,35+,36+/m1/s1. The van der Waals surface area contributed by atoms with Crippen molar-refractivity contribution < 1.29 is 32.4 Å². The van der Waals surface area contributed by atoms with E-state index in [0.29, 0.717) is 19.3 Å². The molecule has 0 saturated heterocycles. The number of fused-ring (bicyclic) bond motifs is 4. The number of esters is 1. The Labute approximate surface area is 264 Å². The van der Waals surface area contributed by atoms with E-state index in [1.54, 1.807) is 0 Å². The number of nitrogens with zero attached hydrogens (tertiary/aromatic N) is 1. The number of rotatable bonds is 5. The SMILES string of the molecule is CN(C)c1ccc([C@H]2C[C@@]3(C)C(CC[C@@]3(O)C#CCOC(=O)c3cccc(S(=O)(=O)O)c3)C3CCC4=CC(=O)CCC4=C32)cc1. The average molecular weight is 630 g/mol. The molecule has 2 N–H and O–H groups in total. The summed E-state index contributed by atoms with van der Waals surface area (Å²) in [5, 5.41) is 12.2. The van der Waals surface area contributed by atoms with Gasteiger partial charge in [0.25, 0.3) is 10.1 Å². The van der Waals surface area contributed by atoms with Gasteiger partial charge in [0, 0.05) is 37.5 Å². The Morgan fingerprint density at radius 2 is 1.84 bits per heavy atom. The summed E-state index contributed by atoms with van der Waals surface area (Å²) in [5.41, 5.74) is 4.47. The van der Waals surface area contributed by atoms with Crippen LogP contribution in [0.2, 0.25) is 0 Å². The van der Waals surface area contributed by atoms with Crippen LogP contribution in [-0.2, 0) is 19.6 Å². The van der Waals surface area contributed by atoms with Crippen LogP contribution in [0.25, 0.3) is 0 Å². The lowest BCUT2D eigenvalue weighted by molar-refractivity contribution is -0.114. The number of allylic oxidation sites excluding steroid dienone is 4. The minimum absolute atomic E-state index is 0.0235. The molecule has 45 heavy (non-hydrogen) atoms. The van der Waals surface area contributed by atoms with Crippen LogP contribution in [-0.4, -0.2) is 56.1 Å². The Balaban J connectivity index is 1.29. The van der Waals surface area contributed by atoms with Crippen molar-refractivity contribution in [3.05, 3.63) is 82.5 Å². The van der Waals surface area contributed by atoms with E-state index in [0.717, 1.165) is 37.4 Å². The fraction of sp³-hybridized carbons (Fsp3) is 0.444. The van der Waals surface area contributed by atoms with Crippen LogP contribution in [0.3, 0.4) is 0 Å². The number of hydrogen-bond donors (Lipinski definition) is 2. The average Bonchev–Trinajstić information content (AvgIpc) is 3.28. The van der Waals surface area contributed by atoms with Gasteiger partial charge in [0.15, 0.2) is 12.4 Å². The lowest BCUT2D eigenvalue weighted by Crippen LogP contribution is -2.51. The fourth-order valence-electron chi connectivity index (χ4n) is 8.33. The highest BCUT2D eigenvalue weighted by Gasteiger charge is 2.62. The molecule has 0 radical (unpaired) electrons. The Hall–Kier alpha value is -3.71. The van der Waals surface area contributed by atoms with Crippen molar-refractivity contribution in [1.82, 2.24) is 0 Å². The van der Waals surface area contributed by atoms with Crippen LogP contribution in [0.5, 0.6) is 0 Å². The third kappa shape index (κ3) is 5.65. The summed E-state index contributed by atoms with van der Waals surface area (Å²) in [7, 11) is -0.426. The first-order chi connectivity index (χ1) is 21.3. The number of ketones is 1. The van der Waals surface area contributed by atoms with Gasteiger partial charge in [0.1, 0.15) is 5.60 Å². The first-order valence-corrected chi connectivity index (χ1v) is 17.0. The van der Waals surface area contributed by atoms with Gasteiger partial charge < -0.3 is 14.7 Å². The maximum atomic E-state index is 12.6. The van der Waals surface area contributed by atoms with Crippen LogP contribution in [0.15, 0.2) is 76.2 Å². The molecule has 2 unspecified atom stereocenters. The van der Waals surface area contributed by atoms with E-state index in [1.165, 1.54) is 40.5 Å². The molecule has 2 saturated carbocycles. The van der Waals surface area contributed by atoms with Gasteiger partial charge in [-0.25, -0.2) is 4.79 Å². The van der Waals surface area contributed by atoms with Crippen LogP contribution >= 0.6 is 0 Å². The molecule has 9 heteroatoms. The van der Waals surface area contributed by atoms with Crippen molar-refractivity contribution in [2.24, 2.45) is 17.3 Å². The molecule has 236 valence electrons. The zero-order valence-corrected chi connectivity index (χ0v) is 26.7. The molecular formula is C36H39NO7S. The van der Waals surface area contributed by atoms with E-state index in [-0.39, 0.29) is 35.7 Å². The molecule has 8 nitrogen and oxygen atoms in total. The lowest BCUT2D eigenvalue weighted by Gasteiger charge is -2.53. The maximum Gasteiger partial charge on any atom is 0.339 e. The predicted molar refractivity (Wildman–Crippen MR) is 170 cm³/mol. The third-order valence-electron chi connectivity index (χ3n) is 10.6. The quantitative estimate of drug-likeness (QED) is 0.253. The van der Waals surface area contributed by atoms with Gasteiger partial charge in [0.05, 0.1) is 10.5 Å². The Kier molecular flexibility index (Phi) is 8.05. The summed E-state index contributed by atoms with van der Waals surface area (Å²) < 4.78 is 37.5. The van der Waals surface area contributed by atoms with Gasteiger partial charge in [-0.3, -0.25) is 9.35 Å². The summed E-state index contributed by atoms with van der Waals surface area (Å²) in [6.07, 6.45) is 7.03. The van der Waals surface area contributed by atoms with E-state index in [2.05, 4.69) is 47.9 Å². The van der Waals surface area contributed by atoms with Crippen LogP contribution in [0, 0.1) is 29.1 Å². The van der Waals surface area contributed by atoms with Gasteiger partial charge in [-0.05, 0) is 103 Å².